The maximum atomic E-state index is 12.8. The smallest absolute Gasteiger partial charge is 0.259 e. The Morgan fingerprint density at radius 1 is 1.45 bits per heavy atom. The summed E-state index contributed by atoms with van der Waals surface area (Å²) in [5.41, 5.74) is 2.53. The van der Waals surface area contributed by atoms with Crippen molar-refractivity contribution in [1.82, 2.24) is 19.8 Å². The summed E-state index contributed by atoms with van der Waals surface area (Å²) in [7, 11) is 0. The summed E-state index contributed by atoms with van der Waals surface area (Å²) in [6.45, 7) is 7.29. The summed E-state index contributed by atoms with van der Waals surface area (Å²) in [5.74, 6) is 0.642. The van der Waals surface area contributed by atoms with Gasteiger partial charge < -0.3 is 9.42 Å². The average molecular weight is 302 g/mol. The van der Waals surface area contributed by atoms with E-state index in [1.807, 2.05) is 35.8 Å². The summed E-state index contributed by atoms with van der Waals surface area (Å²) >= 11 is 0. The van der Waals surface area contributed by atoms with E-state index in [4.69, 9.17) is 4.52 Å². The maximum Gasteiger partial charge on any atom is 0.259 e. The lowest BCUT2D eigenvalue weighted by molar-refractivity contribution is 0.0670. The monoisotopic (exact) mass is 302 g/mol. The van der Waals surface area contributed by atoms with E-state index in [1.54, 1.807) is 6.92 Å². The van der Waals surface area contributed by atoms with E-state index in [0.29, 0.717) is 24.3 Å². The van der Waals surface area contributed by atoms with Crippen LogP contribution in [-0.2, 0) is 6.42 Å². The van der Waals surface area contributed by atoms with E-state index in [2.05, 4.69) is 10.3 Å². The molecule has 0 N–H and O–H groups in total. The molecule has 1 aliphatic heterocycles. The molecule has 0 unspecified atom stereocenters. The van der Waals surface area contributed by atoms with Crippen molar-refractivity contribution in [3.63, 3.8) is 0 Å². The number of carbonyl (C=O) groups is 1. The van der Waals surface area contributed by atoms with Gasteiger partial charge in [0.1, 0.15) is 11.3 Å². The molecular formula is C16H22N4O2. The van der Waals surface area contributed by atoms with Gasteiger partial charge in [0.05, 0.1) is 17.9 Å². The first kappa shape index (κ1) is 14.8. The number of amides is 1. The summed E-state index contributed by atoms with van der Waals surface area (Å²) in [5, 5.41) is 8.39. The number of piperidine rings is 1. The summed E-state index contributed by atoms with van der Waals surface area (Å²) in [6, 6.07) is 0.247. The van der Waals surface area contributed by atoms with Crippen LogP contribution in [0.3, 0.4) is 0 Å². The van der Waals surface area contributed by atoms with Crippen molar-refractivity contribution in [3.8, 4) is 0 Å². The predicted molar refractivity (Wildman–Crippen MR) is 81.8 cm³/mol. The Kier molecular flexibility index (Phi) is 4.00. The van der Waals surface area contributed by atoms with Gasteiger partial charge in [-0.05, 0) is 38.7 Å². The number of hydrogen-bond acceptors (Lipinski definition) is 4. The van der Waals surface area contributed by atoms with E-state index < -0.39 is 0 Å². The van der Waals surface area contributed by atoms with Gasteiger partial charge in [-0.25, -0.2) is 0 Å². The van der Waals surface area contributed by atoms with Crippen LogP contribution < -0.4 is 0 Å². The van der Waals surface area contributed by atoms with Crippen LogP contribution in [0.4, 0.5) is 0 Å². The van der Waals surface area contributed by atoms with Crippen molar-refractivity contribution >= 4 is 5.91 Å². The van der Waals surface area contributed by atoms with Gasteiger partial charge in [-0.15, -0.1) is 0 Å². The summed E-state index contributed by atoms with van der Waals surface area (Å²) < 4.78 is 7.18. The van der Waals surface area contributed by atoms with Crippen molar-refractivity contribution in [1.29, 1.82) is 0 Å². The third kappa shape index (κ3) is 2.65. The quantitative estimate of drug-likeness (QED) is 0.874. The first-order valence-electron chi connectivity index (χ1n) is 7.85. The molecule has 0 saturated carbocycles. The fourth-order valence-corrected chi connectivity index (χ4v) is 3.08. The van der Waals surface area contributed by atoms with Crippen molar-refractivity contribution < 1.29 is 9.32 Å². The van der Waals surface area contributed by atoms with Crippen molar-refractivity contribution in [2.45, 2.75) is 46.1 Å². The van der Waals surface area contributed by atoms with Gasteiger partial charge in [-0.3, -0.25) is 9.48 Å². The highest BCUT2D eigenvalue weighted by atomic mass is 16.5. The molecule has 1 saturated heterocycles. The minimum Gasteiger partial charge on any atom is -0.361 e. The zero-order valence-corrected chi connectivity index (χ0v) is 13.4. The van der Waals surface area contributed by atoms with Crippen molar-refractivity contribution in [3.05, 3.63) is 35.0 Å². The topological polar surface area (TPSA) is 64.2 Å². The van der Waals surface area contributed by atoms with Crippen molar-refractivity contribution in [2.24, 2.45) is 0 Å². The van der Waals surface area contributed by atoms with Crippen LogP contribution in [0.5, 0.6) is 0 Å². The summed E-state index contributed by atoms with van der Waals surface area (Å²) in [6.07, 6.45) is 6.64. The number of aryl methyl sites for hydroxylation is 3. The molecule has 2 aromatic heterocycles. The van der Waals surface area contributed by atoms with E-state index in [-0.39, 0.29) is 11.9 Å². The molecule has 0 radical (unpaired) electrons. The number of rotatable bonds is 3. The number of likely N-dealkylation sites (tertiary alicyclic amines) is 1. The first-order chi connectivity index (χ1) is 10.6. The number of carbonyl (C=O) groups excluding carboxylic acids is 1. The first-order valence-corrected chi connectivity index (χ1v) is 7.85. The largest absolute Gasteiger partial charge is 0.361 e. The molecule has 0 aromatic carbocycles. The molecular weight excluding hydrogens is 280 g/mol. The number of nitrogens with zero attached hydrogens (tertiary/aromatic N) is 4. The number of hydrogen-bond donors (Lipinski definition) is 0. The molecule has 0 spiro atoms. The zero-order chi connectivity index (χ0) is 15.7. The Balaban J connectivity index is 1.79. The Morgan fingerprint density at radius 3 is 2.95 bits per heavy atom. The molecule has 1 amide bonds. The highest BCUT2D eigenvalue weighted by molar-refractivity contribution is 5.96. The van der Waals surface area contributed by atoms with Crippen molar-refractivity contribution in [2.75, 3.05) is 13.1 Å². The average Bonchev–Trinajstić information content (AvgIpc) is 3.12. The third-order valence-corrected chi connectivity index (χ3v) is 4.27. The number of aromatic nitrogens is 3. The van der Waals surface area contributed by atoms with E-state index in [0.717, 1.165) is 30.6 Å². The molecule has 6 nitrogen and oxygen atoms in total. The molecule has 3 heterocycles. The minimum atomic E-state index is 0.0316. The second-order valence-corrected chi connectivity index (χ2v) is 5.96. The predicted octanol–water partition coefficient (Wildman–Crippen LogP) is 2.53. The van der Waals surface area contributed by atoms with Crippen LogP contribution in [0.15, 0.2) is 16.9 Å². The molecule has 0 bridgehead atoms. The van der Waals surface area contributed by atoms with Gasteiger partial charge in [0.25, 0.3) is 5.91 Å². The second kappa shape index (κ2) is 5.94. The Hall–Kier alpha value is -2.11. The van der Waals surface area contributed by atoms with Gasteiger partial charge in [-0.2, -0.15) is 5.10 Å². The molecule has 2 aromatic rings. The van der Waals surface area contributed by atoms with Gasteiger partial charge in [-0.1, -0.05) is 12.1 Å². The standard InChI is InChI=1S/C16H22N4O2/c1-4-14-15(12(3)22-18-14)16(21)19-7-5-6-13(10-19)20-9-11(2)8-17-20/h8-9,13H,4-7,10H2,1-3H3/t13-/m0/s1. The van der Waals surface area contributed by atoms with Gasteiger partial charge in [0, 0.05) is 19.3 Å². The normalized spacial score (nSPS) is 18.7. The summed E-state index contributed by atoms with van der Waals surface area (Å²) in [4.78, 5) is 14.7. The Morgan fingerprint density at radius 2 is 2.27 bits per heavy atom. The van der Waals surface area contributed by atoms with Crippen LogP contribution in [0, 0.1) is 13.8 Å². The van der Waals surface area contributed by atoms with Crippen LogP contribution in [-0.4, -0.2) is 38.8 Å². The van der Waals surface area contributed by atoms with E-state index in [9.17, 15) is 4.79 Å². The second-order valence-electron chi connectivity index (χ2n) is 5.96. The minimum absolute atomic E-state index is 0.0316. The lowest BCUT2D eigenvalue weighted by Crippen LogP contribution is -2.41. The molecule has 22 heavy (non-hydrogen) atoms. The zero-order valence-electron chi connectivity index (χ0n) is 13.4. The molecule has 0 aliphatic carbocycles. The molecule has 1 fully saturated rings. The molecule has 1 atom stereocenters. The van der Waals surface area contributed by atoms with Gasteiger partial charge in [0.2, 0.25) is 0 Å². The van der Waals surface area contributed by atoms with Crippen LogP contribution in [0.2, 0.25) is 0 Å². The van der Waals surface area contributed by atoms with E-state index in [1.165, 1.54) is 0 Å². The lowest BCUT2D eigenvalue weighted by Gasteiger charge is -2.32. The molecule has 118 valence electrons. The third-order valence-electron chi connectivity index (χ3n) is 4.27. The highest BCUT2D eigenvalue weighted by Gasteiger charge is 2.29. The SMILES string of the molecule is CCc1noc(C)c1C(=O)N1CCC[C@H](n2cc(C)cn2)C1. The fraction of sp³-hybridized carbons (Fsp3) is 0.562. The van der Waals surface area contributed by atoms with Gasteiger partial charge >= 0.3 is 0 Å². The highest BCUT2D eigenvalue weighted by Crippen LogP contribution is 2.24. The van der Waals surface area contributed by atoms with Crippen LogP contribution in [0.1, 0.15) is 53.2 Å². The van der Waals surface area contributed by atoms with Gasteiger partial charge in [0.15, 0.2) is 0 Å². The molecule has 1 aliphatic rings. The molecule has 3 rings (SSSR count). The Labute approximate surface area is 130 Å². The Bertz CT molecular complexity index is 673. The maximum absolute atomic E-state index is 12.8. The van der Waals surface area contributed by atoms with Crippen LogP contribution in [0.25, 0.3) is 0 Å². The lowest BCUT2D eigenvalue weighted by atomic mass is 10.0. The van der Waals surface area contributed by atoms with Crippen LogP contribution >= 0.6 is 0 Å². The molecule has 6 heteroatoms. The fourth-order valence-electron chi connectivity index (χ4n) is 3.08. The van der Waals surface area contributed by atoms with E-state index >= 15 is 0 Å².